The van der Waals surface area contributed by atoms with Crippen molar-refractivity contribution >= 4 is 5.78 Å². The zero-order chi connectivity index (χ0) is 13.9. The first-order valence-electron chi connectivity index (χ1n) is 7.00. The van der Waals surface area contributed by atoms with Crippen LogP contribution in [0.4, 0.5) is 0 Å². The molecule has 0 spiro atoms. The van der Waals surface area contributed by atoms with Crippen molar-refractivity contribution in [3.63, 3.8) is 0 Å². The topological polar surface area (TPSA) is 68.9 Å². The van der Waals surface area contributed by atoms with Crippen LogP contribution in [-0.4, -0.2) is 20.9 Å². The number of aryl methyl sites for hydroxylation is 1. The summed E-state index contributed by atoms with van der Waals surface area (Å²) in [5.41, 5.74) is 1.93. The lowest BCUT2D eigenvalue weighted by molar-refractivity contribution is -0.124. The molecule has 0 aliphatic heterocycles. The zero-order valence-corrected chi connectivity index (χ0v) is 11.5. The van der Waals surface area contributed by atoms with Crippen molar-refractivity contribution in [2.45, 2.75) is 39.0 Å². The fourth-order valence-electron chi connectivity index (χ4n) is 2.65. The van der Waals surface area contributed by atoms with Crippen molar-refractivity contribution in [1.82, 2.24) is 15.1 Å². The summed E-state index contributed by atoms with van der Waals surface area (Å²) in [6, 6.07) is 1.87. The maximum absolute atomic E-state index is 11.8. The van der Waals surface area contributed by atoms with Gasteiger partial charge in [0.25, 0.3) is 0 Å². The van der Waals surface area contributed by atoms with Crippen LogP contribution in [0.3, 0.4) is 0 Å². The van der Waals surface area contributed by atoms with Crippen LogP contribution in [0.25, 0.3) is 11.4 Å². The van der Waals surface area contributed by atoms with Gasteiger partial charge in [0.1, 0.15) is 5.78 Å². The van der Waals surface area contributed by atoms with Gasteiger partial charge >= 0.3 is 0 Å². The summed E-state index contributed by atoms with van der Waals surface area (Å²) in [5.74, 6) is 1.51. The van der Waals surface area contributed by atoms with Crippen molar-refractivity contribution in [2.24, 2.45) is 5.92 Å². The molecule has 1 fully saturated rings. The second-order valence-electron chi connectivity index (χ2n) is 5.32. The minimum Gasteiger partial charge on any atom is -0.339 e. The molecule has 0 amide bonds. The van der Waals surface area contributed by atoms with E-state index in [1.807, 2.05) is 13.0 Å². The van der Waals surface area contributed by atoms with Crippen LogP contribution in [0.5, 0.6) is 0 Å². The maximum Gasteiger partial charge on any atom is 0.227 e. The highest BCUT2D eigenvalue weighted by molar-refractivity contribution is 5.81. The molecular weight excluding hydrogens is 254 g/mol. The molecule has 1 atom stereocenters. The van der Waals surface area contributed by atoms with Gasteiger partial charge in [-0.1, -0.05) is 11.6 Å². The van der Waals surface area contributed by atoms with Gasteiger partial charge in [-0.2, -0.15) is 4.98 Å². The Labute approximate surface area is 117 Å². The van der Waals surface area contributed by atoms with Crippen LogP contribution in [0.1, 0.15) is 37.1 Å². The van der Waals surface area contributed by atoms with Gasteiger partial charge in [-0.3, -0.25) is 9.78 Å². The second kappa shape index (κ2) is 5.53. The summed E-state index contributed by atoms with van der Waals surface area (Å²) in [7, 11) is 0. The van der Waals surface area contributed by atoms with E-state index in [0.717, 1.165) is 30.4 Å². The van der Waals surface area contributed by atoms with E-state index in [1.165, 1.54) is 0 Å². The van der Waals surface area contributed by atoms with Gasteiger partial charge < -0.3 is 4.52 Å². The summed E-state index contributed by atoms with van der Waals surface area (Å²) in [5, 5.41) is 4.01. The van der Waals surface area contributed by atoms with E-state index >= 15 is 0 Å². The molecule has 104 valence electrons. The van der Waals surface area contributed by atoms with Crippen LogP contribution >= 0.6 is 0 Å². The Bertz CT molecular complexity index is 621. The molecule has 1 aliphatic carbocycles. The average Bonchev–Trinajstić information content (AvgIpc) is 2.90. The van der Waals surface area contributed by atoms with Crippen LogP contribution in [0, 0.1) is 12.8 Å². The summed E-state index contributed by atoms with van der Waals surface area (Å²) in [4.78, 5) is 20.3. The molecule has 0 aromatic carbocycles. The Morgan fingerprint density at radius 3 is 3.10 bits per heavy atom. The molecule has 1 aliphatic rings. The van der Waals surface area contributed by atoms with E-state index in [-0.39, 0.29) is 5.92 Å². The van der Waals surface area contributed by atoms with E-state index in [1.54, 1.807) is 12.4 Å². The molecule has 2 aromatic heterocycles. The predicted octanol–water partition coefficient (Wildman–Crippen LogP) is 2.74. The average molecular weight is 271 g/mol. The Kier molecular flexibility index (Phi) is 3.58. The van der Waals surface area contributed by atoms with Crippen LogP contribution in [-0.2, 0) is 11.2 Å². The molecule has 0 bridgehead atoms. The molecule has 0 N–H and O–H groups in total. The summed E-state index contributed by atoms with van der Waals surface area (Å²) in [6.45, 7) is 1.96. The van der Waals surface area contributed by atoms with E-state index in [2.05, 4.69) is 15.1 Å². The Hall–Kier alpha value is -2.04. The minimum absolute atomic E-state index is 0.0515. The molecule has 0 radical (unpaired) electrons. The number of aromatic nitrogens is 3. The molecule has 3 rings (SSSR count). The lowest BCUT2D eigenvalue weighted by atomic mass is 9.86. The van der Waals surface area contributed by atoms with E-state index in [0.29, 0.717) is 30.3 Å². The summed E-state index contributed by atoms with van der Waals surface area (Å²) in [6.07, 6.45) is 7.80. The van der Waals surface area contributed by atoms with E-state index < -0.39 is 0 Å². The molecule has 0 saturated heterocycles. The SMILES string of the molecule is Cc1cnccc1-c1noc(CC2CCCCC2=O)n1. The number of carbonyl (C=O) groups is 1. The smallest absolute Gasteiger partial charge is 0.227 e. The van der Waals surface area contributed by atoms with Crippen molar-refractivity contribution in [2.75, 3.05) is 0 Å². The van der Waals surface area contributed by atoms with Crippen molar-refractivity contribution in [3.8, 4) is 11.4 Å². The number of pyridine rings is 1. The first-order chi connectivity index (χ1) is 9.74. The number of hydrogen-bond donors (Lipinski definition) is 0. The van der Waals surface area contributed by atoms with Gasteiger partial charge in [0, 0.05) is 36.7 Å². The molecule has 1 saturated carbocycles. The minimum atomic E-state index is 0.0515. The molecule has 2 heterocycles. The predicted molar refractivity (Wildman–Crippen MR) is 72.9 cm³/mol. The van der Waals surface area contributed by atoms with Gasteiger partial charge in [-0.05, 0) is 31.4 Å². The number of nitrogens with zero attached hydrogens (tertiary/aromatic N) is 3. The normalized spacial score (nSPS) is 19.2. The van der Waals surface area contributed by atoms with Gasteiger partial charge in [0.2, 0.25) is 11.7 Å². The number of rotatable bonds is 3. The van der Waals surface area contributed by atoms with Gasteiger partial charge in [0.05, 0.1) is 0 Å². The Morgan fingerprint density at radius 1 is 1.40 bits per heavy atom. The standard InChI is InChI=1S/C15H17N3O2/c1-10-9-16-7-6-12(10)15-17-14(20-18-15)8-11-4-2-3-5-13(11)19/h6-7,9,11H,2-5,8H2,1H3. The number of hydrogen-bond acceptors (Lipinski definition) is 5. The van der Waals surface area contributed by atoms with Crippen LogP contribution in [0.2, 0.25) is 0 Å². The Morgan fingerprint density at radius 2 is 2.30 bits per heavy atom. The third-order valence-corrected chi connectivity index (χ3v) is 3.83. The highest BCUT2D eigenvalue weighted by Crippen LogP contribution is 2.25. The molecule has 5 nitrogen and oxygen atoms in total. The first-order valence-corrected chi connectivity index (χ1v) is 7.00. The molecule has 1 unspecified atom stereocenters. The van der Waals surface area contributed by atoms with Crippen molar-refractivity contribution in [3.05, 3.63) is 29.9 Å². The fourth-order valence-corrected chi connectivity index (χ4v) is 2.65. The quantitative estimate of drug-likeness (QED) is 0.858. The number of carbonyl (C=O) groups excluding carboxylic acids is 1. The van der Waals surface area contributed by atoms with E-state index in [4.69, 9.17) is 4.52 Å². The third-order valence-electron chi connectivity index (χ3n) is 3.83. The third kappa shape index (κ3) is 2.61. The lowest BCUT2D eigenvalue weighted by Crippen LogP contribution is -2.21. The van der Waals surface area contributed by atoms with Crippen molar-refractivity contribution < 1.29 is 9.32 Å². The van der Waals surface area contributed by atoms with Gasteiger partial charge in [0.15, 0.2) is 0 Å². The molecular formula is C15H17N3O2. The van der Waals surface area contributed by atoms with Gasteiger partial charge in [-0.25, -0.2) is 0 Å². The fraction of sp³-hybridized carbons (Fsp3) is 0.467. The molecule has 2 aromatic rings. The Balaban J connectivity index is 1.77. The first kappa shape index (κ1) is 13.0. The van der Waals surface area contributed by atoms with Crippen LogP contribution in [0.15, 0.2) is 23.0 Å². The summed E-state index contributed by atoms with van der Waals surface area (Å²) < 4.78 is 5.29. The van der Waals surface area contributed by atoms with E-state index in [9.17, 15) is 4.79 Å². The monoisotopic (exact) mass is 271 g/mol. The van der Waals surface area contributed by atoms with Crippen LogP contribution < -0.4 is 0 Å². The highest BCUT2D eigenvalue weighted by Gasteiger charge is 2.24. The van der Waals surface area contributed by atoms with Crippen molar-refractivity contribution in [1.29, 1.82) is 0 Å². The van der Waals surface area contributed by atoms with Gasteiger partial charge in [-0.15, -0.1) is 0 Å². The largest absolute Gasteiger partial charge is 0.339 e. The number of ketones is 1. The lowest BCUT2D eigenvalue weighted by Gasteiger charge is -2.18. The highest BCUT2D eigenvalue weighted by atomic mass is 16.5. The zero-order valence-electron chi connectivity index (χ0n) is 11.5. The molecule has 20 heavy (non-hydrogen) atoms. The number of Topliss-reactive ketones (excluding diaryl/α,β-unsaturated/α-hetero) is 1. The second-order valence-corrected chi connectivity index (χ2v) is 5.32. The molecule has 5 heteroatoms. The maximum atomic E-state index is 11.8. The summed E-state index contributed by atoms with van der Waals surface area (Å²) >= 11 is 0.